The second-order valence-corrected chi connectivity index (χ2v) is 26.0. The lowest BCUT2D eigenvalue weighted by atomic mass is 9.97. The van der Waals surface area contributed by atoms with Gasteiger partial charge < -0.3 is 116 Å². The Morgan fingerprint density at radius 2 is 1.10 bits per heavy atom. The number of nitrogens with one attached hydrogen (secondary N) is 12. The molecule has 5 rings (SSSR count). The third kappa shape index (κ3) is 28.2. The van der Waals surface area contributed by atoms with Crippen molar-refractivity contribution in [2.75, 3.05) is 26.3 Å². The number of carboxylic acid groups (broad SMARTS) is 1. The molecule has 15 atom stereocenters. The van der Waals surface area contributed by atoms with Gasteiger partial charge in [-0.15, -0.1) is 0 Å². The van der Waals surface area contributed by atoms with Crippen molar-refractivity contribution in [3.8, 4) is 17.2 Å². The SMILES string of the molecule is CCC(C)C1NC(=O)C(Cc2ccc(O)cc2)NC(=O)C(CO)NC(=O)C(CCCCN)NC(=O)C(Cc2ccc(O)cc2)NC(=O)C(C(C)O)NC(=O)C(CCC(=O)O)NC(=O)C(C)NC(=O)C(NC(=O)C(Cc2ccc(O)cc2)NC(=O)C(CCC(N)=O)NC(=O)C2CCCN2)CC(O)COC1=O. The Morgan fingerprint density at radius 3 is 1.64 bits per heavy atom. The number of nitrogens with two attached hydrogens (primary N) is 2. The first kappa shape index (κ1) is 85.1. The largest absolute Gasteiger partial charge is 0.508 e. The summed E-state index contributed by atoms with van der Waals surface area (Å²) in [4.78, 5) is 196. The van der Waals surface area contributed by atoms with Crippen LogP contribution in [0.2, 0.25) is 0 Å². The molecule has 576 valence electrons. The zero-order valence-corrected chi connectivity index (χ0v) is 58.7. The quantitative estimate of drug-likeness (QED) is 0.0264. The van der Waals surface area contributed by atoms with Gasteiger partial charge in [0.15, 0.2) is 0 Å². The van der Waals surface area contributed by atoms with Gasteiger partial charge >= 0.3 is 11.9 Å². The Balaban J connectivity index is 1.61. The number of benzene rings is 3. The van der Waals surface area contributed by atoms with E-state index < -0.39 is 225 Å². The van der Waals surface area contributed by atoms with E-state index in [0.717, 1.165) is 13.8 Å². The predicted molar refractivity (Wildman–Crippen MR) is 371 cm³/mol. The van der Waals surface area contributed by atoms with E-state index in [2.05, 4.69) is 63.8 Å². The lowest BCUT2D eigenvalue weighted by molar-refractivity contribution is -0.153. The summed E-state index contributed by atoms with van der Waals surface area (Å²) in [6.07, 6.45) is -6.60. The van der Waals surface area contributed by atoms with E-state index in [1.165, 1.54) is 72.8 Å². The smallest absolute Gasteiger partial charge is 0.329 e. The molecule has 0 radical (unpaired) electrons. The lowest BCUT2D eigenvalue weighted by Gasteiger charge is -2.29. The minimum atomic E-state index is -2.02. The Labute approximate surface area is 604 Å². The molecule has 2 fully saturated rings. The number of aliphatic hydroxyl groups excluding tert-OH is 3. The number of carboxylic acids is 1. The molecule has 0 aliphatic carbocycles. The second-order valence-electron chi connectivity index (χ2n) is 26.0. The van der Waals surface area contributed by atoms with Crippen LogP contribution in [0.3, 0.4) is 0 Å². The average Bonchev–Trinajstić information content (AvgIpc) is 0.978. The molecule has 0 saturated carbocycles. The maximum absolute atomic E-state index is 14.8. The van der Waals surface area contributed by atoms with Gasteiger partial charge in [0.05, 0.1) is 24.9 Å². The van der Waals surface area contributed by atoms with Gasteiger partial charge in [0.2, 0.25) is 70.9 Å². The van der Waals surface area contributed by atoms with Crippen LogP contribution < -0.4 is 75.3 Å². The number of aliphatic carboxylic acids is 1. The molecule has 0 bridgehead atoms. The van der Waals surface area contributed by atoms with E-state index in [9.17, 15) is 103 Å². The second kappa shape index (κ2) is 42.3. The maximum Gasteiger partial charge on any atom is 0.329 e. The first-order valence-electron chi connectivity index (χ1n) is 34.5. The van der Waals surface area contributed by atoms with Gasteiger partial charge in [-0.3, -0.25) is 62.3 Å². The van der Waals surface area contributed by atoms with Crippen LogP contribution in [0.15, 0.2) is 72.8 Å². The number of hydrogen-bond donors (Lipinski definition) is 21. The number of aliphatic hydroxyl groups is 3. The maximum atomic E-state index is 14.8. The number of aromatic hydroxyl groups is 3. The number of hydrogen-bond acceptors (Lipinski definition) is 23. The molecule has 0 aromatic heterocycles. The van der Waals surface area contributed by atoms with Crippen LogP contribution in [-0.2, 0) is 91.1 Å². The monoisotopic (exact) mass is 1470 g/mol. The van der Waals surface area contributed by atoms with Crippen LogP contribution in [0.1, 0.15) is 115 Å². The summed E-state index contributed by atoms with van der Waals surface area (Å²) < 4.78 is 5.58. The van der Waals surface area contributed by atoms with Crippen LogP contribution in [0.5, 0.6) is 17.2 Å². The van der Waals surface area contributed by atoms with Crippen molar-refractivity contribution in [1.29, 1.82) is 0 Å². The van der Waals surface area contributed by atoms with E-state index in [1.807, 2.05) is 0 Å². The number of rotatable bonds is 26. The number of ether oxygens (including phenoxy) is 1. The summed E-state index contributed by atoms with van der Waals surface area (Å²) in [5, 5.41) is 103. The summed E-state index contributed by atoms with van der Waals surface area (Å²) in [5.74, 6) is -17.0. The predicted octanol–water partition coefficient (Wildman–Crippen LogP) is -5.08. The van der Waals surface area contributed by atoms with Gasteiger partial charge in [-0.1, -0.05) is 56.7 Å². The Hall–Kier alpha value is -10.6. The topological polar surface area (TPSA) is 586 Å². The van der Waals surface area contributed by atoms with Gasteiger partial charge in [-0.05, 0) is 131 Å². The normalized spacial score (nSPS) is 24.3. The number of carbonyl (C=O) groups is 14. The Kier molecular flexibility index (Phi) is 34.3. The molecular formula is C69H98N14O22. The van der Waals surface area contributed by atoms with E-state index in [4.69, 9.17) is 16.2 Å². The first-order chi connectivity index (χ1) is 49.8. The van der Waals surface area contributed by atoms with Crippen LogP contribution in [0.4, 0.5) is 0 Å². The standard InChI is InChI=1S/C69H98N14O22/c1-5-35(2)56-69(104)105-34-44(89)32-52(79-65(100)49(29-38-11-17-41(86)18-12-38)77-61(96)47(23-25-54(71)90)76-59(94)45-10-8-28-72-45)63(98)73-36(3)58(93)74-48(24-26-55(91)92)62(97)83-57(37(4)85)68(103)80-50(30-39-13-19-42(87)20-14-39)64(99)75-46(9-6-7-27-70)60(95)81-53(33-84)67(102)78-51(66(101)82-56)31-40-15-21-43(88)22-16-40/h11-22,35-37,44-53,56-57,72,84-89H,5-10,23-34,70H2,1-4H3,(H2,71,90)(H,73,98)(H,74,93)(H,75,99)(H,76,94)(H,77,96)(H,78,102)(H,79,100)(H,80,103)(H,81,95)(H,82,101)(H,83,97)(H,91,92). The van der Waals surface area contributed by atoms with Gasteiger partial charge in [-0.25, -0.2) is 4.79 Å². The Bertz CT molecular complexity index is 3490. The molecule has 2 aliphatic rings. The van der Waals surface area contributed by atoms with E-state index >= 15 is 0 Å². The fourth-order valence-electron chi connectivity index (χ4n) is 11.2. The molecular weight excluding hydrogens is 1380 g/mol. The number of amides is 12. The first-order valence-corrected chi connectivity index (χ1v) is 34.5. The highest BCUT2D eigenvalue weighted by Crippen LogP contribution is 2.19. The summed E-state index contributed by atoms with van der Waals surface area (Å²) in [6, 6.07) is -4.01. The molecule has 2 heterocycles. The number of phenols is 3. The molecule has 105 heavy (non-hydrogen) atoms. The van der Waals surface area contributed by atoms with Crippen LogP contribution in [0.25, 0.3) is 0 Å². The molecule has 23 N–H and O–H groups in total. The summed E-state index contributed by atoms with van der Waals surface area (Å²) >= 11 is 0. The lowest BCUT2D eigenvalue weighted by Crippen LogP contribution is -2.62. The van der Waals surface area contributed by atoms with Gasteiger partial charge in [0.25, 0.3) is 0 Å². The highest BCUT2D eigenvalue weighted by Gasteiger charge is 2.39. The molecule has 15 unspecified atom stereocenters. The van der Waals surface area contributed by atoms with Crippen molar-refractivity contribution in [2.24, 2.45) is 17.4 Å². The highest BCUT2D eigenvalue weighted by atomic mass is 16.5. The molecule has 3 aromatic rings. The zero-order valence-electron chi connectivity index (χ0n) is 58.7. The van der Waals surface area contributed by atoms with Gasteiger partial charge in [0, 0.05) is 38.5 Å². The number of phenolic OH excluding ortho intramolecular Hbond substituents is 3. The third-order valence-electron chi connectivity index (χ3n) is 17.5. The van der Waals surface area contributed by atoms with Crippen LogP contribution >= 0.6 is 0 Å². The number of unbranched alkanes of at least 4 members (excludes halogenated alkanes) is 1. The number of esters is 1. The van der Waals surface area contributed by atoms with Crippen molar-refractivity contribution >= 4 is 82.8 Å². The van der Waals surface area contributed by atoms with Crippen molar-refractivity contribution in [3.05, 3.63) is 89.5 Å². The molecule has 0 spiro atoms. The minimum Gasteiger partial charge on any atom is -0.508 e. The van der Waals surface area contributed by atoms with Crippen LogP contribution in [-0.4, -0.2) is 230 Å². The number of primary amides is 1. The van der Waals surface area contributed by atoms with Gasteiger partial charge in [0.1, 0.15) is 90.3 Å². The van der Waals surface area contributed by atoms with Crippen molar-refractivity contribution in [1.82, 2.24) is 63.8 Å². The molecule has 36 heteroatoms. The molecule has 3 aromatic carbocycles. The fourth-order valence-corrected chi connectivity index (χ4v) is 11.2. The van der Waals surface area contributed by atoms with Crippen molar-refractivity contribution in [2.45, 2.75) is 202 Å². The summed E-state index contributed by atoms with van der Waals surface area (Å²) in [6.45, 7) is 3.84. The fraction of sp³-hybridized carbons (Fsp3) is 0.536. The molecule has 36 nitrogen and oxygen atoms in total. The summed E-state index contributed by atoms with van der Waals surface area (Å²) in [7, 11) is 0. The van der Waals surface area contributed by atoms with Crippen LogP contribution in [0, 0.1) is 5.92 Å². The molecule has 12 amide bonds. The molecule has 2 saturated heterocycles. The van der Waals surface area contributed by atoms with Crippen molar-refractivity contribution in [3.63, 3.8) is 0 Å². The third-order valence-corrected chi connectivity index (χ3v) is 17.5. The number of carbonyl (C=O) groups excluding carboxylic acids is 13. The van der Waals surface area contributed by atoms with E-state index in [0.29, 0.717) is 42.5 Å². The van der Waals surface area contributed by atoms with Crippen molar-refractivity contribution < 1.29 is 108 Å². The number of cyclic esters (lactones) is 1. The van der Waals surface area contributed by atoms with Gasteiger partial charge in [-0.2, -0.15) is 0 Å². The van der Waals surface area contributed by atoms with E-state index in [1.54, 1.807) is 13.8 Å². The summed E-state index contributed by atoms with van der Waals surface area (Å²) in [5.41, 5.74) is 12.1. The van der Waals surface area contributed by atoms with E-state index in [-0.39, 0.29) is 55.9 Å². The molecule has 2 aliphatic heterocycles. The zero-order chi connectivity index (χ0) is 77.6. The highest BCUT2D eigenvalue weighted by molar-refractivity contribution is 6.00. The average molecular weight is 1480 g/mol. The minimum absolute atomic E-state index is 0.126. The Morgan fingerprint density at radius 1 is 0.600 bits per heavy atom.